The fraction of sp³-hybridized carbons (Fsp3) is 0.366. The highest BCUT2D eigenvalue weighted by Crippen LogP contribution is 2.28. The van der Waals surface area contributed by atoms with Crippen LogP contribution in [0.2, 0.25) is 0 Å². The molecular weight excluding hydrogens is 647 g/mol. The number of nitrogens with zero attached hydrogens (tertiary/aromatic N) is 2. The Hall–Kier alpha value is -4.63. The Labute approximate surface area is 297 Å². The molecule has 264 valence electrons. The third kappa shape index (κ3) is 9.33. The number of benzene rings is 4. The molecule has 0 aromatic heterocycles. The zero-order valence-corrected chi connectivity index (χ0v) is 30.4. The zero-order valence-electron chi connectivity index (χ0n) is 29.5. The summed E-state index contributed by atoms with van der Waals surface area (Å²) in [5.41, 5.74) is 4.00. The van der Waals surface area contributed by atoms with Crippen LogP contribution in [0.15, 0.2) is 108 Å². The number of hydrogen-bond donors (Lipinski definition) is 1. The molecule has 0 unspecified atom stereocenters. The first kappa shape index (κ1) is 36.6. The molecule has 4 aromatic rings. The Morgan fingerprint density at radius 1 is 0.840 bits per heavy atom. The topological polar surface area (TPSA) is 96.0 Å². The lowest BCUT2D eigenvalue weighted by Crippen LogP contribution is -2.55. The molecular formula is C41H49N3O5S. The SMILES string of the molecule is COc1cccc(CN(C(=O)CN(c2ccc(C(C)C)cc2)S(=O)(=O)c2ccc(C)cc2)[C@H](Cc2ccccc2)C(=O)NC2CCCCC2)c1. The van der Waals surface area contributed by atoms with Gasteiger partial charge in [0.2, 0.25) is 11.8 Å². The second-order valence-electron chi connectivity index (χ2n) is 13.5. The zero-order chi connectivity index (χ0) is 35.7. The van der Waals surface area contributed by atoms with Gasteiger partial charge < -0.3 is 15.0 Å². The van der Waals surface area contributed by atoms with Crippen molar-refractivity contribution < 1.29 is 22.7 Å². The minimum absolute atomic E-state index is 0.0289. The summed E-state index contributed by atoms with van der Waals surface area (Å²) in [4.78, 5) is 30.8. The van der Waals surface area contributed by atoms with Crippen LogP contribution in [-0.4, -0.2) is 50.9 Å². The van der Waals surface area contributed by atoms with Crippen molar-refractivity contribution in [2.24, 2.45) is 0 Å². The Kier molecular flexibility index (Phi) is 12.4. The van der Waals surface area contributed by atoms with Crippen molar-refractivity contribution in [3.8, 4) is 5.75 Å². The average Bonchev–Trinajstić information content (AvgIpc) is 3.13. The number of carbonyl (C=O) groups excluding carboxylic acids is 2. The van der Waals surface area contributed by atoms with Gasteiger partial charge in [-0.2, -0.15) is 0 Å². The largest absolute Gasteiger partial charge is 0.497 e. The number of ether oxygens (including phenoxy) is 1. The van der Waals surface area contributed by atoms with Gasteiger partial charge in [-0.15, -0.1) is 0 Å². The highest BCUT2D eigenvalue weighted by Gasteiger charge is 2.35. The van der Waals surface area contributed by atoms with Crippen LogP contribution in [0.5, 0.6) is 5.75 Å². The molecule has 1 N–H and O–H groups in total. The lowest BCUT2D eigenvalue weighted by atomic mass is 9.94. The Bertz CT molecular complexity index is 1820. The van der Waals surface area contributed by atoms with E-state index in [9.17, 15) is 18.0 Å². The molecule has 2 amide bonds. The normalized spacial score (nSPS) is 14.2. The van der Waals surface area contributed by atoms with Crippen molar-refractivity contribution in [2.75, 3.05) is 18.0 Å². The van der Waals surface area contributed by atoms with Crippen LogP contribution in [0, 0.1) is 6.92 Å². The Balaban J connectivity index is 1.58. The standard InChI is InChI=1S/C41H49N3O5S/c1-30(2)34-20-22-36(23-21-34)44(50(47,48)38-24-18-31(3)19-25-38)29-40(45)43(28-33-14-11-17-37(26-33)49-4)39(27-32-12-7-5-8-13-32)41(46)42-35-15-9-6-10-16-35/h5,7-8,11-14,17-26,30,35,39H,6,9-10,15-16,27-29H2,1-4H3,(H,42,46)/t39-/m1/s1. The molecule has 0 saturated heterocycles. The van der Waals surface area contributed by atoms with Gasteiger partial charge in [0.1, 0.15) is 18.3 Å². The minimum atomic E-state index is -4.18. The van der Waals surface area contributed by atoms with E-state index in [1.807, 2.05) is 73.7 Å². The number of carbonyl (C=O) groups is 2. The van der Waals surface area contributed by atoms with Gasteiger partial charge in [-0.05, 0) is 78.8 Å². The van der Waals surface area contributed by atoms with E-state index in [0.717, 1.165) is 54.4 Å². The van der Waals surface area contributed by atoms with E-state index < -0.39 is 28.5 Å². The molecule has 9 heteroatoms. The van der Waals surface area contributed by atoms with Crippen molar-refractivity contribution in [3.63, 3.8) is 0 Å². The number of anilines is 1. The summed E-state index contributed by atoms with van der Waals surface area (Å²) in [7, 11) is -2.60. The van der Waals surface area contributed by atoms with Gasteiger partial charge >= 0.3 is 0 Å². The molecule has 50 heavy (non-hydrogen) atoms. The predicted octanol–water partition coefficient (Wildman–Crippen LogP) is 7.41. The summed E-state index contributed by atoms with van der Waals surface area (Å²) < 4.78 is 35.4. The van der Waals surface area contributed by atoms with Crippen LogP contribution < -0.4 is 14.4 Å². The Morgan fingerprint density at radius 3 is 2.14 bits per heavy atom. The summed E-state index contributed by atoms with van der Waals surface area (Å²) in [6.45, 7) is 5.62. The number of hydrogen-bond acceptors (Lipinski definition) is 5. The van der Waals surface area contributed by atoms with Crippen LogP contribution in [0.25, 0.3) is 0 Å². The van der Waals surface area contributed by atoms with Crippen molar-refractivity contribution in [3.05, 3.63) is 125 Å². The lowest BCUT2D eigenvalue weighted by molar-refractivity contribution is -0.140. The maximum Gasteiger partial charge on any atom is 0.264 e. The van der Waals surface area contributed by atoms with E-state index in [-0.39, 0.29) is 35.7 Å². The predicted molar refractivity (Wildman–Crippen MR) is 199 cm³/mol. The number of aryl methyl sites for hydroxylation is 1. The van der Waals surface area contributed by atoms with Gasteiger partial charge in [-0.3, -0.25) is 13.9 Å². The molecule has 1 saturated carbocycles. The lowest BCUT2D eigenvalue weighted by Gasteiger charge is -2.35. The van der Waals surface area contributed by atoms with Crippen molar-refractivity contribution >= 4 is 27.5 Å². The number of rotatable bonds is 14. The molecule has 1 aliphatic carbocycles. The second kappa shape index (κ2) is 16.9. The van der Waals surface area contributed by atoms with Crippen LogP contribution in [0.1, 0.15) is 74.1 Å². The maximum atomic E-state index is 14.8. The summed E-state index contributed by atoms with van der Waals surface area (Å²) >= 11 is 0. The van der Waals surface area contributed by atoms with Crippen molar-refractivity contribution in [1.29, 1.82) is 0 Å². The Morgan fingerprint density at radius 2 is 1.50 bits per heavy atom. The summed E-state index contributed by atoms with van der Waals surface area (Å²) in [5.74, 6) is 0.130. The molecule has 5 rings (SSSR count). The minimum Gasteiger partial charge on any atom is -0.497 e. The van der Waals surface area contributed by atoms with Gasteiger partial charge in [-0.1, -0.05) is 105 Å². The first-order chi connectivity index (χ1) is 24.0. The number of nitrogens with one attached hydrogen (secondary N) is 1. The van der Waals surface area contributed by atoms with Crippen LogP contribution in [0.3, 0.4) is 0 Å². The highest BCUT2D eigenvalue weighted by atomic mass is 32.2. The van der Waals surface area contributed by atoms with Crippen molar-refractivity contribution in [2.45, 2.75) is 88.7 Å². The second-order valence-corrected chi connectivity index (χ2v) is 15.4. The number of amides is 2. The quantitative estimate of drug-likeness (QED) is 0.148. The summed E-state index contributed by atoms with van der Waals surface area (Å²) in [6, 6.07) is 30.0. The number of methoxy groups -OCH3 is 1. The highest BCUT2D eigenvalue weighted by molar-refractivity contribution is 7.92. The first-order valence-electron chi connectivity index (χ1n) is 17.5. The summed E-state index contributed by atoms with van der Waals surface area (Å²) in [5, 5.41) is 3.26. The van der Waals surface area contributed by atoms with E-state index in [2.05, 4.69) is 19.2 Å². The van der Waals surface area contributed by atoms with Crippen molar-refractivity contribution in [1.82, 2.24) is 10.2 Å². The van der Waals surface area contributed by atoms with Crippen LogP contribution in [0.4, 0.5) is 5.69 Å². The average molecular weight is 696 g/mol. The molecule has 4 aromatic carbocycles. The number of sulfonamides is 1. The monoisotopic (exact) mass is 695 g/mol. The van der Waals surface area contributed by atoms with Gasteiger partial charge in [-0.25, -0.2) is 8.42 Å². The van der Waals surface area contributed by atoms with E-state index in [1.54, 1.807) is 48.4 Å². The molecule has 8 nitrogen and oxygen atoms in total. The smallest absolute Gasteiger partial charge is 0.264 e. The van der Waals surface area contributed by atoms with Gasteiger partial charge in [0, 0.05) is 19.0 Å². The third-order valence-electron chi connectivity index (χ3n) is 9.45. The van der Waals surface area contributed by atoms with E-state index in [4.69, 9.17) is 4.74 Å². The fourth-order valence-corrected chi connectivity index (χ4v) is 7.87. The first-order valence-corrected chi connectivity index (χ1v) is 18.9. The van der Waals surface area contributed by atoms with E-state index in [1.165, 1.54) is 4.31 Å². The molecule has 1 aliphatic rings. The maximum absolute atomic E-state index is 14.8. The molecule has 0 bridgehead atoms. The summed E-state index contributed by atoms with van der Waals surface area (Å²) in [6.07, 6.45) is 5.28. The molecule has 0 heterocycles. The molecule has 1 atom stereocenters. The third-order valence-corrected chi connectivity index (χ3v) is 11.2. The molecule has 0 aliphatic heterocycles. The van der Waals surface area contributed by atoms with Gasteiger partial charge in [0.15, 0.2) is 0 Å². The van der Waals surface area contributed by atoms with Gasteiger partial charge in [0.25, 0.3) is 10.0 Å². The van der Waals surface area contributed by atoms with E-state index in [0.29, 0.717) is 11.4 Å². The fourth-order valence-electron chi connectivity index (χ4n) is 6.46. The van der Waals surface area contributed by atoms with E-state index >= 15 is 0 Å². The van der Waals surface area contributed by atoms with Crippen LogP contribution >= 0.6 is 0 Å². The van der Waals surface area contributed by atoms with Gasteiger partial charge in [0.05, 0.1) is 17.7 Å². The molecule has 0 radical (unpaired) electrons. The molecule has 0 spiro atoms. The molecule has 1 fully saturated rings. The van der Waals surface area contributed by atoms with Crippen LogP contribution in [-0.2, 0) is 32.6 Å².